The zero-order valence-electron chi connectivity index (χ0n) is 19.1. The number of aromatic nitrogens is 1. The third kappa shape index (κ3) is 5.53. The van der Waals surface area contributed by atoms with Gasteiger partial charge in [-0.1, -0.05) is 48.0 Å². The van der Waals surface area contributed by atoms with Crippen LogP contribution < -0.4 is 10.5 Å². The van der Waals surface area contributed by atoms with Crippen molar-refractivity contribution in [3.05, 3.63) is 90.0 Å². The van der Waals surface area contributed by atoms with E-state index in [0.29, 0.717) is 27.8 Å². The van der Waals surface area contributed by atoms with Crippen molar-refractivity contribution in [1.82, 2.24) is 4.98 Å². The number of anilines is 1. The number of pyridine rings is 1. The first-order valence-corrected chi connectivity index (χ1v) is 12.3. The van der Waals surface area contributed by atoms with Crippen LogP contribution in [0.4, 0.5) is 5.69 Å². The van der Waals surface area contributed by atoms with Gasteiger partial charge in [-0.25, -0.2) is 23.3 Å². The average molecular weight is 490 g/mol. The van der Waals surface area contributed by atoms with Crippen LogP contribution in [0.25, 0.3) is 22.2 Å². The topological polar surface area (TPSA) is 128 Å². The Labute approximate surface area is 202 Å². The second-order valence-electron chi connectivity index (χ2n) is 8.04. The number of primary sulfonamides is 1. The fourth-order valence-electron chi connectivity index (χ4n) is 3.47. The largest absolute Gasteiger partial charge is 0.449 e. The van der Waals surface area contributed by atoms with Crippen molar-refractivity contribution in [3.63, 3.8) is 0 Å². The number of hydrogen-bond acceptors (Lipinski definition) is 6. The van der Waals surface area contributed by atoms with Crippen molar-refractivity contribution in [2.75, 3.05) is 5.32 Å². The molecule has 0 bridgehead atoms. The molecule has 0 aliphatic carbocycles. The van der Waals surface area contributed by atoms with Gasteiger partial charge in [0.05, 0.1) is 21.7 Å². The van der Waals surface area contributed by atoms with Crippen molar-refractivity contribution in [3.8, 4) is 11.3 Å². The normalized spacial score (nSPS) is 12.2. The van der Waals surface area contributed by atoms with Crippen LogP contribution >= 0.6 is 0 Å². The molecule has 1 aromatic heterocycles. The van der Waals surface area contributed by atoms with E-state index in [-0.39, 0.29) is 4.90 Å². The van der Waals surface area contributed by atoms with Gasteiger partial charge in [0.15, 0.2) is 6.10 Å². The van der Waals surface area contributed by atoms with Gasteiger partial charge < -0.3 is 10.1 Å². The first-order chi connectivity index (χ1) is 16.6. The maximum Gasteiger partial charge on any atom is 0.339 e. The molecule has 9 heteroatoms. The molecule has 1 atom stereocenters. The van der Waals surface area contributed by atoms with Gasteiger partial charge in [0.25, 0.3) is 5.91 Å². The zero-order chi connectivity index (χ0) is 25.2. The van der Waals surface area contributed by atoms with Gasteiger partial charge in [0, 0.05) is 16.6 Å². The molecule has 0 saturated carbocycles. The van der Waals surface area contributed by atoms with Gasteiger partial charge in [-0.3, -0.25) is 4.79 Å². The van der Waals surface area contributed by atoms with E-state index in [4.69, 9.17) is 9.88 Å². The minimum Gasteiger partial charge on any atom is -0.449 e. The summed E-state index contributed by atoms with van der Waals surface area (Å²) < 4.78 is 28.2. The number of hydrogen-bond donors (Lipinski definition) is 2. The molecule has 0 aliphatic rings. The number of benzene rings is 3. The number of nitrogens with two attached hydrogens (primary N) is 1. The number of carbonyl (C=O) groups is 2. The smallest absolute Gasteiger partial charge is 0.339 e. The standard InChI is InChI=1S/C26H23N3O5S/c1-16-7-9-18(10-8-16)24-15-22(21-5-3-4-6-23(21)29-24)26(31)34-17(2)25(30)28-19-11-13-20(14-12-19)35(27,32)33/h3-15,17H,1-2H3,(H,28,30)(H2,27,32,33). The molecule has 0 saturated heterocycles. The monoisotopic (exact) mass is 489 g/mol. The number of rotatable bonds is 6. The summed E-state index contributed by atoms with van der Waals surface area (Å²) in [6.45, 7) is 3.44. The molecule has 0 radical (unpaired) electrons. The number of amides is 1. The van der Waals surface area contributed by atoms with E-state index in [0.717, 1.165) is 11.1 Å². The van der Waals surface area contributed by atoms with Gasteiger partial charge >= 0.3 is 5.97 Å². The summed E-state index contributed by atoms with van der Waals surface area (Å²) >= 11 is 0. The molecule has 0 spiro atoms. The summed E-state index contributed by atoms with van der Waals surface area (Å²) in [6, 6.07) is 22.0. The third-order valence-corrected chi connectivity index (χ3v) is 6.32. The molecule has 4 rings (SSSR count). The van der Waals surface area contributed by atoms with E-state index in [1.807, 2.05) is 43.3 Å². The second-order valence-corrected chi connectivity index (χ2v) is 9.61. The van der Waals surface area contributed by atoms with Crippen LogP contribution in [-0.2, 0) is 19.6 Å². The molecule has 1 amide bonds. The van der Waals surface area contributed by atoms with Crippen LogP contribution in [0.15, 0.2) is 83.8 Å². The van der Waals surface area contributed by atoms with E-state index >= 15 is 0 Å². The fourth-order valence-corrected chi connectivity index (χ4v) is 3.98. The molecule has 4 aromatic rings. The molecule has 35 heavy (non-hydrogen) atoms. The Kier molecular flexibility index (Phi) is 6.63. The van der Waals surface area contributed by atoms with Crippen molar-refractivity contribution >= 4 is 38.5 Å². The lowest BCUT2D eigenvalue weighted by atomic mass is 10.0. The van der Waals surface area contributed by atoms with Crippen LogP contribution in [0.5, 0.6) is 0 Å². The van der Waals surface area contributed by atoms with Crippen molar-refractivity contribution in [2.24, 2.45) is 5.14 Å². The Morgan fingerprint density at radius 2 is 1.63 bits per heavy atom. The predicted octanol–water partition coefficient (Wildman–Crippen LogP) is 4.04. The number of para-hydroxylation sites is 1. The van der Waals surface area contributed by atoms with Gasteiger partial charge in [-0.15, -0.1) is 0 Å². The highest BCUT2D eigenvalue weighted by atomic mass is 32.2. The summed E-state index contributed by atoms with van der Waals surface area (Å²) in [4.78, 5) is 30.3. The van der Waals surface area contributed by atoms with Crippen molar-refractivity contribution < 1.29 is 22.7 Å². The number of ether oxygens (including phenoxy) is 1. The number of aryl methyl sites for hydroxylation is 1. The van der Waals surface area contributed by atoms with Gasteiger partial charge in [-0.2, -0.15) is 0 Å². The molecular weight excluding hydrogens is 466 g/mol. The maximum absolute atomic E-state index is 13.1. The number of nitrogens with zero attached hydrogens (tertiary/aromatic N) is 1. The average Bonchev–Trinajstić information content (AvgIpc) is 2.83. The molecule has 1 heterocycles. The summed E-state index contributed by atoms with van der Waals surface area (Å²) in [5, 5.41) is 8.29. The van der Waals surface area contributed by atoms with Gasteiger partial charge in [0.2, 0.25) is 10.0 Å². The summed E-state index contributed by atoms with van der Waals surface area (Å²) in [5.41, 5.74) is 3.83. The molecule has 8 nitrogen and oxygen atoms in total. The minimum absolute atomic E-state index is 0.0797. The number of fused-ring (bicyclic) bond motifs is 1. The number of sulfonamides is 1. The van der Waals surface area contributed by atoms with Crippen molar-refractivity contribution in [1.29, 1.82) is 0 Å². The molecule has 1 unspecified atom stereocenters. The molecule has 178 valence electrons. The summed E-state index contributed by atoms with van der Waals surface area (Å²) in [6.07, 6.45) is -1.12. The number of nitrogens with one attached hydrogen (secondary N) is 1. The number of carbonyl (C=O) groups excluding carboxylic acids is 2. The van der Waals surface area contributed by atoms with Gasteiger partial charge in [-0.05, 0) is 50.2 Å². The Bertz CT molecular complexity index is 1520. The highest BCUT2D eigenvalue weighted by Gasteiger charge is 2.22. The SMILES string of the molecule is Cc1ccc(-c2cc(C(=O)OC(C)C(=O)Nc3ccc(S(N)(=O)=O)cc3)c3ccccc3n2)cc1. The molecule has 0 aliphatic heterocycles. The molecular formula is C26H23N3O5S. The molecule has 3 aromatic carbocycles. The van der Waals surface area contributed by atoms with E-state index in [1.54, 1.807) is 18.2 Å². The Morgan fingerprint density at radius 1 is 0.971 bits per heavy atom. The van der Waals surface area contributed by atoms with E-state index in [2.05, 4.69) is 10.3 Å². The van der Waals surface area contributed by atoms with Crippen LogP contribution in [0, 0.1) is 6.92 Å². The van der Waals surface area contributed by atoms with Crippen LogP contribution in [-0.4, -0.2) is 31.4 Å². The maximum atomic E-state index is 13.1. The van der Waals surface area contributed by atoms with Gasteiger partial charge in [0.1, 0.15) is 0 Å². The van der Waals surface area contributed by atoms with Crippen LogP contribution in [0.1, 0.15) is 22.8 Å². The lowest BCUT2D eigenvalue weighted by Gasteiger charge is -2.15. The lowest BCUT2D eigenvalue weighted by Crippen LogP contribution is -2.30. The molecule has 3 N–H and O–H groups in total. The lowest BCUT2D eigenvalue weighted by molar-refractivity contribution is -0.123. The summed E-state index contributed by atoms with van der Waals surface area (Å²) in [7, 11) is -3.84. The van der Waals surface area contributed by atoms with E-state index in [1.165, 1.54) is 31.2 Å². The Balaban J connectivity index is 1.55. The quantitative estimate of drug-likeness (QED) is 0.393. The molecule has 0 fully saturated rings. The van der Waals surface area contributed by atoms with Crippen LogP contribution in [0.2, 0.25) is 0 Å². The van der Waals surface area contributed by atoms with E-state index in [9.17, 15) is 18.0 Å². The first-order valence-electron chi connectivity index (χ1n) is 10.7. The Morgan fingerprint density at radius 3 is 2.29 bits per heavy atom. The second kappa shape index (κ2) is 9.65. The van der Waals surface area contributed by atoms with E-state index < -0.39 is 28.0 Å². The number of esters is 1. The fraction of sp³-hybridized carbons (Fsp3) is 0.115. The predicted molar refractivity (Wildman–Crippen MR) is 133 cm³/mol. The zero-order valence-corrected chi connectivity index (χ0v) is 19.9. The van der Waals surface area contributed by atoms with Crippen molar-refractivity contribution in [2.45, 2.75) is 24.8 Å². The highest BCUT2D eigenvalue weighted by molar-refractivity contribution is 7.89. The first kappa shape index (κ1) is 24.1. The Hall–Kier alpha value is -4.08. The summed E-state index contributed by atoms with van der Waals surface area (Å²) in [5.74, 6) is -1.23. The minimum atomic E-state index is -3.84. The van der Waals surface area contributed by atoms with Crippen LogP contribution in [0.3, 0.4) is 0 Å². The highest BCUT2D eigenvalue weighted by Crippen LogP contribution is 2.26. The third-order valence-electron chi connectivity index (χ3n) is 5.39.